The number of anilines is 1. The van der Waals surface area contributed by atoms with Gasteiger partial charge in [-0.1, -0.05) is 66.7 Å². The lowest BCUT2D eigenvalue weighted by atomic mass is 9.96. The molecule has 0 saturated carbocycles. The molecule has 2 aromatic carbocycles. The molecule has 2 aromatic heterocycles. The van der Waals surface area contributed by atoms with Crippen LogP contribution in [0.4, 0.5) is 5.82 Å². The standard InChI is InChI=1S/C30H29N5O2/c36-28(34-19-16-25(17-20-34)30(37)32-27-13-7-8-18-31-27)15-14-26-22-35(21-23-9-3-1-4-10-23)33-29(26)24-11-5-2-6-12-24/h1-15,18,22,25H,16-17,19-21H2,(H,31,32,37)/b15-14+. The Kier molecular flexibility index (Phi) is 7.50. The van der Waals surface area contributed by atoms with Crippen LogP contribution < -0.4 is 5.32 Å². The Morgan fingerprint density at radius 1 is 0.919 bits per heavy atom. The first kappa shape index (κ1) is 24.2. The Balaban J connectivity index is 1.24. The van der Waals surface area contributed by atoms with E-state index in [2.05, 4.69) is 22.4 Å². The summed E-state index contributed by atoms with van der Waals surface area (Å²) in [5.41, 5.74) is 3.89. The lowest BCUT2D eigenvalue weighted by molar-refractivity contribution is -0.130. The second-order valence-electron chi connectivity index (χ2n) is 9.12. The van der Waals surface area contributed by atoms with Crippen LogP contribution in [0, 0.1) is 5.92 Å². The molecule has 0 radical (unpaired) electrons. The van der Waals surface area contributed by atoms with Gasteiger partial charge in [-0.05, 0) is 36.6 Å². The highest BCUT2D eigenvalue weighted by Gasteiger charge is 2.26. The van der Waals surface area contributed by atoms with Crippen LogP contribution in [0.3, 0.4) is 0 Å². The van der Waals surface area contributed by atoms with Crippen LogP contribution in [0.1, 0.15) is 24.0 Å². The number of benzene rings is 2. The maximum absolute atomic E-state index is 13.0. The van der Waals surface area contributed by atoms with Gasteiger partial charge >= 0.3 is 0 Å². The molecule has 7 nitrogen and oxygen atoms in total. The molecule has 1 saturated heterocycles. The largest absolute Gasteiger partial charge is 0.339 e. The molecule has 0 bridgehead atoms. The molecule has 3 heterocycles. The summed E-state index contributed by atoms with van der Waals surface area (Å²) >= 11 is 0. The van der Waals surface area contributed by atoms with Gasteiger partial charge in [-0.25, -0.2) is 4.98 Å². The average molecular weight is 492 g/mol. The third-order valence-electron chi connectivity index (χ3n) is 6.52. The SMILES string of the molecule is O=C(Nc1ccccn1)C1CCN(C(=O)/C=C/c2cn(Cc3ccccc3)nc2-c2ccccc2)CC1. The van der Waals surface area contributed by atoms with Gasteiger partial charge in [0.25, 0.3) is 0 Å². The van der Waals surface area contributed by atoms with Gasteiger partial charge in [-0.15, -0.1) is 0 Å². The number of rotatable bonds is 7. The highest BCUT2D eigenvalue weighted by atomic mass is 16.2. The third kappa shape index (κ3) is 6.19. The Hall–Kier alpha value is -4.52. The summed E-state index contributed by atoms with van der Waals surface area (Å²) in [5.74, 6) is 0.324. The summed E-state index contributed by atoms with van der Waals surface area (Å²) < 4.78 is 1.91. The van der Waals surface area contributed by atoms with Crippen LogP contribution in [0.2, 0.25) is 0 Å². The summed E-state index contributed by atoms with van der Waals surface area (Å²) in [6.07, 6.45) is 8.35. The van der Waals surface area contributed by atoms with Gasteiger partial charge in [0, 0.05) is 48.6 Å². The molecule has 1 aliphatic rings. The van der Waals surface area contributed by atoms with Crippen molar-refractivity contribution in [2.24, 2.45) is 5.92 Å². The Morgan fingerprint density at radius 3 is 2.32 bits per heavy atom. The zero-order valence-electron chi connectivity index (χ0n) is 20.5. The van der Waals surface area contributed by atoms with E-state index in [9.17, 15) is 9.59 Å². The van der Waals surface area contributed by atoms with Crippen LogP contribution in [-0.4, -0.2) is 44.6 Å². The molecule has 0 aliphatic carbocycles. The van der Waals surface area contributed by atoms with E-state index in [4.69, 9.17) is 5.10 Å². The number of hydrogen-bond acceptors (Lipinski definition) is 4. The summed E-state index contributed by atoms with van der Waals surface area (Å²) in [6.45, 7) is 1.74. The number of hydrogen-bond donors (Lipinski definition) is 1. The number of carbonyl (C=O) groups is 2. The van der Waals surface area contributed by atoms with Crippen molar-refractivity contribution < 1.29 is 9.59 Å². The van der Waals surface area contributed by atoms with Crippen molar-refractivity contribution in [1.29, 1.82) is 0 Å². The molecule has 0 unspecified atom stereocenters. The first-order chi connectivity index (χ1) is 18.2. The number of aromatic nitrogens is 3. The van der Waals surface area contributed by atoms with Crippen LogP contribution in [0.25, 0.3) is 17.3 Å². The Morgan fingerprint density at radius 2 is 1.62 bits per heavy atom. The minimum Gasteiger partial charge on any atom is -0.339 e. The number of piperidine rings is 1. The number of nitrogens with zero attached hydrogens (tertiary/aromatic N) is 4. The van der Waals surface area contributed by atoms with Gasteiger partial charge in [-0.3, -0.25) is 14.3 Å². The predicted octanol–water partition coefficient (Wildman–Crippen LogP) is 4.88. The van der Waals surface area contributed by atoms with Crippen LogP contribution in [0.5, 0.6) is 0 Å². The normalized spacial score (nSPS) is 14.1. The van der Waals surface area contributed by atoms with Gasteiger partial charge < -0.3 is 10.2 Å². The minimum absolute atomic E-state index is 0.0420. The number of pyridine rings is 1. The maximum Gasteiger partial charge on any atom is 0.246 e. The molecule has 2 amide bonds. The lowest BCUT2D eigenvalue weighted by Gasteiger charge is -2.30. The highest BCUT2D eigenvalue weighted by molar-refractivity contribution is 5.94. The minimum atomic E-state index is -0.129. The summed E-state index contributed by atoms with van der Waals surface area (Å²) in [4.78, 5) is 31.5. The number of nitrogens with one attached hydrogen (secondary N) is 1. The summed E-state index contributed by atoms with van der Waals surface area (Å²) in [5, 5.41) is 7.69. The smallest absolute Gasteiger partial charge is 0.246 e. The molecular weight excluding hydrogens is 462 g/mol. The average Bonchev–Trinajstić information content (AvgIpc) is 3.36. The lowest BCUT2D eigenvalue weighted by Crippen LogP contribution is -2.40. The van der Waals surface area contributed by atoms with Crippen molar-refractivity contribution in [3.05, 3.63) is 108 Å². The molecular formula is C30H29N5O2. The highest BCUT2D eigenvalue weighted by Crippen LogP contribution is 2.24. The van der Waals surface area contributed by atoms with Crippen LogP contribution in [0.15, 0.2) is 97.3 Å². The van der Waals surface area contributed by atoms with Crippen molar-refractivity contribution >= 4 is 23.7 Å². The predicted molar refractivity (Wildman–Crippen MR) is 144 cm³/mol. The van der Waals surface area contributed by atoms with Crippen LogP contribution in [-0.2, 0) is 16.1 Å². The van der Waals surface area contributed by atoms with E-state index in [1.165, 1.54) is 0 Å². The Bertz CT molecular complexity index is 1360. The van der Waals surface area contributed by atoms with Crippen molar-refractivity contribution in [1.82, 2.24) is 19.7 Å². The fourth-order valence-corrected chi connectivity index (χ4v) is 4.52. The second-order valence-corrected chi connectivity index (χ2v) is 9.12. The van der Waals surface area contributed by atoms with E-state index in [1.807, 2.05) is 77.6 Å². The molecule has 1 aliphatic heterocycles. The van der Waals surface area contributed by atoms with Crippen molar-refractivity contribution in [2.75, 3.05) is 18.4 Å². The Labute approximate surface area is 216 Å². The molecule has 7 heteroatoms. The van der Waals surface area contributed by atoms with E-state index in [0.29, 0.717) is 38.3 Å². The van der Waals surface area contributed by atoms with E-state index in [1.54, 1.807) is 23.2 Å². The number of carbonyl (C=O) groups excluding carboxylic acids is 2. The van der Waals surface area contributed by atoms with Gasteiger partial charge in [0.15, 0.2) is 0 Å². The van der Waals surface area contributed by atoms with Crippen molar-refractivity contribution in [2.45, 2.75) is 19.4 Å². The zero-order valence-corrected chi connectivity index (χ0v) is 20.5. The van der Waals surface area contributed by atoms with Crippen LogP contribution >= 0.6 is 0 Å². The zero-order chi connectivity index (χ0) is 25.5. The molecule has 0 spiro atoms. The first-order valence-electron chi connectivity index (χ1n) is 12.5. The first-order valence-corrected chi connectivity index (χ1v) is 12.5. The maximum atomic E-state index is 13.0. The monoisotopic (exact) mass is 491 g/mol. The third-order valence-corrected chi connectivity index (χ3v) is 6.52. The molecule has 37 heavy (non-hydrogen) atoms. The molecule has 4 aromatic rings. The van der Waals surface area contributed by atoms with Gasteiger partial charge in [0.05, 0.1) is 12.2 Å². The fraction of sp³-hybridized carbons (Fsp3) is 0.200. The molecule has 1 N–H and O–H groups in total. The quantitative estimate of drug-likeness (QED) is 0.374. The van der Waals surface area contributed by atoms with Gasteiger partial charge in [-0.2, -0.15) is 5.10 Å². The van der Waals surface area contributed by atoms with E-state index < -0.39 is 0 Å². The number of likely N-dealkylation sites (tertiary alicyclic amines) is 1. The molecule has 5 rings (SSSR count). The summed E-state index contributed by atoms with van der Waals surface area (Å²) in [7, 11) is 0. The van der Waals surface area contributed by atoms with Gasteiger partial charge in [0.2, 0.25) is 11.8 Å². The second kappa shape index (κ2) is 11.5. The summed E-state index contributed by atoms with van der Waals surface area (Å²) in [6, 6.07) is 25.6. The molecule has 0 atom stereocenters. The van der Waals surface area contributed by atoms with Crippen molar-refractivity contribution in [3.63, 3.8) is 0 Å². The van der Waals surface area contributed by atoms with E-state index in [-0.39, 0.29) is 17.7 Å². The van der Waals surface area contributed by atoms with E-state index >= 15 is 0 Å². The fourth-order valence-electron chi connectivity index (χ4n) is 4.52. The number of amides is 2. The van der Waals surface area contributed by atoms with Gasteiger partial charge in [0.1, 0.15) is 5.82 Å². The molecule has 1 fully saturated rings. The topological polar surface area (TPSA) is 80.1 Å². The van der Waals surface area contributed by atoms with E-state index in [0.717, 1.165) is 22.4 Å². The van der Waals surface area contributed by atoms with Crippen molar-refractivity contribution in [3.8, 4) is 11.3 Å². The molecule has 186 valence electrons.